The summed E-state index contributed by atoms with van der Waals surface area (Å²) in [7, 11) is 0. The molecule has 1 aliphatic rings. The molecule has 0 aromatic heterocycles. The lowest BCUT2D eigenvalue weighted by molar-refractivity contribution is 0.0122. The number of nitrogens with one attached hydrogen (secondary N) is 1. The number of hydrogen-bond acceptors (Lipinski definition) is 3. The van der Waals surface area contributed by atoms with Crippen LogP contribution in [0.25, 0.3) is 0 Å². The van der Waals surface area contributed by atoms with E-state index in [1.165, 1.54) is 12.1 Å². The van der Waals surface area contributed by atoms with Crippen molar-refractivity contribution < 1.29 is 13.9 Å². The van der Waals surface area contributed by atoms with Crippen molar-refractivity contribution in [3.8, 4) is 0 Å². The van der Waals surface area contributed by atoms with Gasteiger partial charge in [-0.05, 0) is 44.9 Å². The van der Waals surface area contributed by atoms with Crippen LogP contribution in [0, 0.1) is 5.82 Å². The third-order valence-corrected chi connectivity index (χ3v) is 3.34. The van der Waals surface area contributed by atoms with Gasteiger partial charge in [0, 0.05) is 19.6 Å². The molecule has 0 spiro atoms. The number of carbonyl (C=O) groups is 1. The highest BCUT2D eigenvalue weighted by Gasteiger charge is 2.30. The molecule has 5 heteroatoms. The summed E-state index contributed by atoms with van der Waals surface area (Å²) in [6, 6.07) is 6.50. The van der Waals surface area contributed by atoms with Crippen LogP contribution < -0.4 is 5.32 Å². The molecule has 1 aromatic rings. The smallest absolute Gasteiger partial charge is 0.410 e. The van der Waals surface area contributed by atoms with Gasteiger partial charge in [-0.1, -0.05) is 12.1 Å². The van der Waals surface area contributed by atoms with E-state index in [0.29, 0.717) is 19.5 Å². The summed E-state index contributed by atoms with van der Waals surface area (Å²) in [5.74, 6) is -0.250. The molecule has 0 aliphatic carbocycles. The predicted molar refractivity (Wildman–Crippen MR) is 79.7 cm³/mol. The molecular weight excluding hydrogens is 271 g/mol. The Kier molecular flexibility index (Phi) is 4.83. The van der Waals surface area contributed by atoms with Crippen molar-refractivity contribution in [2.24, 2.45) is 0 Å². The fourth-order valence-corrected chi connectivity index (χ4v) is 2.44. The second kappa shape index (κ2) is 6.43. The molecule has 1 heterocycles. The average molecular weight is 294 g/mol. The molecule has 1 amide bonds. The Morgan fingerprint density at radius 1 is 1.48 bits per heavy atom. The van der Waals surface area contributed by atoms with Crippen LogP contribution >= 0.6 is 0 Å². The molecule has 0 saturated carbocycles. The summed E-state index contributed by atoms with van der Waals surface area (Å²) in [5, 5.41) is 3.27. The molecule has 1 aromatic carbocycles. The molecule has 2 rings (SSSR count). The normalized spacial score (nSPS) is 19.4. The van der Waals surface area contributed by atoms with Crippen LogP contribution in [-0.4, -0.2) is 42.3 Å². The molecule has 21 heavy (non-hydrogen) atoms. The molecule has 1 fully saturated rings. The molecule has 1 N–H and O–H groups in total. The van der Waals surface area contributed by atoms with E-state index in [9.17, 15) is 9.18 Å². The first-order valence-corrected chi connectivity index (χ1v) is 7.30. The summed E-state index contributed by atoms with van der Waals surface area (Å²) < 4.78 is 18.7. The number of ether oxygens (including phenoxy) is 1. The van der Waals surface area contributed by atoms with Crippen molar-refractivity contribution in [2.75, 3.05) is 19.6 Å². The van der Waals surface area contributed by atoms with Gasteiger partial charge in [-0.25, -0.2) is 9.18 Å². The van der Waals surface area contributed by atoms with Crippen LogP contribution in [0.5, 0.6) is 0 Å². The average Bonchev–Trinajstić information content (AvgIpc) is 2.37. The Morgan fingerprint density at radius 2 is 2.24 bits per heavy atom. The van der Waals surface area contributed by atoms with Crippen molar-refractivity contribution in [2.45, 2.75) is 38.8 Å². The zero-order chi connectivity index (χ0) is 15.5. The lowest BCUT2D eigenvalue weighted by atomic mass is 10.0. The van der Waals surface area contributed by atoms with Crippen molar-refractivity contribution in [1.82, 2.24) is 10.2 Å². The van der Waals surface area contributed by atoms with Crippen LogP contribution in [0.2, 0.25) is 0 Å². The highest BCUT2D eigenvalue weighted by Crippen LogP contribution is 2.16. The van der Waals surface area contributed by atoms with Crippen LogP contribution in [-0.2, 0) is 11.2 Å². The molecule has 1 atom stereocenters. The Labute approximate surface area is 125 Å². The van der Waals surface area contributed by atoms with E-state index in [1.54, 1.807) is 11.0 Å². The SMILES string of the molecule is CC(C)(C)OC(=O)N1CCNC[C@H]1Cc1cccc(F)c1. The van der Waals surface area contributed by atoms with Gasteiger partial charge in [-0.2, -0.15) is 0 Å². The lowest BCUT2D eigenvalue weighted by Gasteiger charge is -2.37. The predicted octanol–water partition coefficient (Wildman–Crippen LogP) is 2.58. The van der Waals surface area contributed by atoms with Crippen molar-refractivity contribution in [1.29, 1.82) is 0 Å². The standard InChI is InChI=1S/C16H23FN2O2/c1-16(2,3)21-15(20)19-8-7-18-11-14(19)10-12-5-4-6-13(17)9-12/h4-6,9,14,18H,7-8,10-11H2,1-3H3/t14-/m1/s1. The minimum absolute atomic E-state index is 0.0181. The van der Waals surface area contributed by atoms with Crippen LogP contribution in [0.15, 0.2) is 24.3 Å². The number of piperazine rings is 1. The van der Waals surface area contributed by atoms with E-state index < -0.39 is 5.60 Å². The second-order valence-electron chi connectivity index (χ2n) is 6.37. The van der Waals surface area contributed by atoms with E-state index >= 15 is 0 Å². The number of carbonyl (C=O) groups excluding carboxylic acids is 1. The van der Waals surface area contributed by atoms with E-state index in [4.69, 9.17) is 4.74 Å². The summed E-state index contributed by atoms with van der Waals surface area (Å²) in [5.41, 5.74) is 0.378. The highest BCUT2D eigenvalue weighted by atomic mass is 19.1. The van der Waals surface area contributed by atoms with Gasteiger partial charge in [0.05, 0.1) is 6.04 Å². The van der Waals surface area contributed by atoms with Gasteiger partial charge in [0.15, 0.2) is 0 Å². The molecule has 0 bridgehead atoms. The van der Waals surface area contributed by atoms with E-state index in [1.807, 2.05) is 26.8 Å². The Morgan fingerprint density at radius 3 is 2.90 bits per heavy atom. The number of amides is 1. The fraction of sp³-hybridized carbons (Fsp3) is 0.562. The maximum atomic E-state index is 13.3. The summed E-state index contributed by atoms with van der Waals surface area (Å²) >= 11 is 0. The topological polar surface area (TPSA) is 41.6 Å². The quantitative estimate of drug-likeness (QED) is 0.911. The lowest BCUT2D eigenvalue weighted by Crippen LogP contribution is -2.55. The molecule has 0 unspecified atom stereocenters. The number of benzene rings is 1. The third-order valence-electron chi connectivity index (χ3n) is 3.34. The Bertz CT molecular complexity index is 499. The second-order valence-corrected chi connectivity index (χ2v) is 6.37. The van der Waals surface area contributed by atoms with Gasteiger partial charge in [-0.15, -0.1) is 0 Å². The maximum absolute atomic E-state index is 13.3. The number of rotatable bonds is 2. The monoisotopic (exact) mass is 294 g/mol. The maximum Gasteiger partial charge on any atom is 0.410 e. The van der Waals surface area contributed by atoms with Gasteiger partial charge < -0.3 is 15.0 Å². The largest absolute Gasteiger partial charge is 0.444 e. The Hall–Kier alpha value is -1.62. The fourth-order valence-electron chi connectivity index (χ4n) is 2.44. The zero-order valence-corrected chi connectivity index (χ0v) is 12.9. The third kappa shape index (κ3) is 4.70. The molecule has 1 saturated heterocycles. The van der Waals surface area contributed by atoms with Crippen molar-refractivity contribution in [3.05, 3.63) is 35.6 Å². The minimum atomic E-state index is -0.509. The zero-order valence-electron chi connectivity index (χ0n) is 12.9. The summed E-state index contributed by atoms with van der Waals surface area (Å²) in [6.07, 6.45) is 0.315. The van der Waals surface area contributed by atoms with Gasteiger partial charge in [-0.3, -0.25) is 0 Å². The minimum Gasteiger partial charge on any atom is -0.444 e. The van der Waals surface area contributed by atoms with Gasteiger partial charge >= 0.3 is 6.09 Å². The van der Waals surface area contributed by atoms with Crippen LogP contribution in [0.1, 0.15) is 26.3 Å². The summed E-state index contributed by atoms with van der Waals surface area (Å²) in [4.78, 5) is 14.0. The van der Waals surface area contributed by atoms with Gasteiger partial charge in [0.2, 0.25) is 0 Å². The van der Waals surface area contributed by atoms with Crippen molar-refractivity contribution in [3.63, 3.8) is 0 Å². The number of hydrogen-bond donors (Lipinski definition) is 1. The Balaban J connectivity index is 2.06. The number of nitrogens with zero attached hydrogens (tertiary/aromatic N) is 1. The number of halogens is 1. The molecule has 4 nitrogen and oxygen atoms in total. The van der Waals surface area contributed by atoms with E-state index in [0.717, 1.165) is 12.1 Å². The molecule has 1 aliphatic heterocycles. The van der Waals surface area contributed by atoms with Gasteiger partial charge in [0.25, 0.3) is 0 Å². The summed E-state index contributed by atoms with van der Waals surface area (Å²) in [6.45, 7) is 7.61. The first-order valence-electron chi connectivity index (χ1n) is 7.30. The molecule has 0 radical (unpaired) electrons. The molecule has 116 valence electrons. The van der Waals surface area contributed by atoms with E-state index in [-0.39, 0.29) is 18.0 Å². The first-order chi connectivity index (χ1) is 9.85. The van der Waals surface area contributed by atoms with Crippen LogP contribution in [0.4, 0.5) is 9.18 Å². The van der Waals surface area contributed by atoms with E-state index in [2.05, 4.69) is 5.32 Å². The van der Waals surface area contributed by atoms with Crippen molar-refractivity contribution >= 4 is 6.09 Å². The first kappa shape index (κ1) is 15.8. The highest BCUT2D eigenvalue weighted by molar-refractivity contribution is 5.68. The van der Waals surface area contributed by atoms with Crippen LogP contribution in [0.3, 0.4) is 0 Å². The van der Waals surface area contributed by atoms with Gasteiger partial charge in [0.1, 0.15) is 11.4 Å². The molecular formula is C16H23FN2O2.